The van der Waals surface area contributed by atoms with Crippen molar-refractivity contribution in [1.82, 2.24) is 9.97 Å². The van der Waals surface area contributed by atoms with Gasteiger partial charge in [0.2, 0.25) is 0 Å². The van der Waals surface area contributed by atoms with E-state index in [0.29, 0.717) is 15.8 Å². The summed E-state index contributed by atoms with van der Waals surface area (Å²) in [7, 11) is 0. The van der Waals surface area contributed by atoms with E-state index in [1.165, 1.54) is 12.3 Å². The Morgan fingerprint density at radius 2 is 2.14 bits per heavy atom. The first kappa shape index (κ1) is 15.3. The van der Waals surface area contributed by atoms with E-state index in [4.69, 9.17) is 33.0 Å². The van der Waals surface area contributed by atoms with Crippen LogP contribution in [0, 0.1) is 0 Å². The van der Waals surface area contributed by atoms with E-state index in [0.717, 1.165) is 0 Å². The molecule has 21 heavy (non-hydrogen) atoms. The highest BCUT2D eigenvalue weighted by atomic mass is 35.5. The average Bonchev–Trinajstić information content (AvgIpc) is 2.40. The van der Waals surface area contributed by atoms with Crippen LogP contribution in [0.2, 0.25) is 10.0 Å². The monoisotopic (exact) mass is 328 g/mol. The van der Waals surface area contributed by atoms with E-state index >= 15 is 0 Å². The van der Waals surface area contributed by atoms with Gasteiger partial charge in [-0.05, 0) is 18.2 Å². The van der Waals surface area contributed by atoms with Gasteiger partial charge in [-0.15, -0.1) is 0 Å². The lowest BCUT2D eigenvalue weighted by Gasteiger charge is -2.08. The Hall–Kier alpha value is -2.05. The SMILES string of the molecule is O=C(O)Cc1cnc(COc2ccc(Cl)cc2Cl)[nH]c1=O. The summed E-state index contributed by atoms with van der Waals surface area (Å²) in [5.41, 5.74) is -0.427. The molecule has 0 aliphatic carbocycles. The molecule has 110 valence electrons. The zero-order chi connectivity index (χ0) is 15.4. The molecule has 0 aliphatic rings. The number of hydrogen-bond donors (Lipinski definition) is 2. The van der Waals surface area contributed by atoms with Crippen molar-refractivity contribution in [3.8, 4) is 5.75 Å². The summed E-state index contributed by atoms with van der Waals surface area (Å²) in [6, 6.07) is 4.75. The zero-order valence-corrected chi connectivity index (χ0v) is 12.1. The van der Waals surface area contributed by atoms with Crippen LogP contribution >= 0.6 is 23.2 Å². The van der Waals surface area contributed by atoms with Crippen LogP contribution in [0.1, 0.15) is 11.4 Å². The fourth-order valence-corrected chi connectivity index (χ4v) is 2.02. The lowest BCUT2D eigenvalue weighted by Crippen LogP contribution is -2.19. The zero-order valence-electron chi connectivity index (χ0n) is 10.6. The second-order valence-corrected chi connectivity index (χ2v) is 4.96. The molecule has 0 bridgehead atoms. The molecule has 0 saturated carbocycles. The van der Waals surface area contributed by atoms with Gasteiger partial charge in [0.25, 0.3) is 5.56 Å². The van der Waals surface area contributed by atoms with Crippen molar-refractivity contribution in [2.24, 2.45) is 0 Å². The molecule has 8 heteroatoms. The van der Waals surface area contributed by atoms with Crippen LogP contribution < -0.4 is 10.3 Å². The van der Waals surface area contributed by atoms with Crippen molar-refractivity contribution in [3.63, 3.8) is 0 Å². The van der Waals surface area contributed by atoms with Gasteiger partial charge in [-0.1, -0.05) is 23.2 Å². The Morgan fingerprint density at radius 3 is 2.76 bits per heavy atom. The highest BCUT2D eigenvalue weighted by molar-refractivity contribution is 6.35. The minimum atomic E-state index is -1.10. The second-order valence-electron chi connectivity index (χ2n) is 4.12. The molecule has 2 N–H and O–H groups in total. The molecule has 0 radical (unpaired) electrons. The number of ether oxygens (including phenoxy) is 1. The molecule has 0 atom stereocenters. The van der Waals surface area contributed by atoms with Crippen molar-refractivity contribution >= 4 is 29.2 Å². The van der Waals surface area contributed by atoms with Crippen LogP contribution in [0.25, 0.3) is 0 Å². The topological polar surface area (TPSA) is 92.3 Å². The van der Waals surface area contributed by atoms with Gasteiger partial charge in [-0.3, -0.25) is 9.59 Å². The van der Waals surface area contributed by atoms with E-state index in [2.05, 4.69) is 9.97 Å². The summed E-state index contributed by atoms with van der Waals surface area (Å²) in [4.78, 5) is 28.6. The lowest BCUT2D eigenvalue weighted by molar-refractivity contribution is -0.136. The van der Waals surface area contributed by atoms with Crippen molar-refractivity contribution in [2.75, 3.05) is 0 Å². The maximum atomic E-state index is 11.6. The quantitative estimate of drug-likeness (QED) is 0.878. The normalized spacial score (nSPS) is 10.4. The number of aromatic nitrogens is 2. The maximum Gasteiger partial charge on any atom is 0.308 e. The third-order valence-corrected chi connectivity index (χ3v) is 3.06. The fraction of sp³-hybridized carbons (Fsp3) is 0.154. The second kappa shape index (κ2) is 6.60. The molecule has 0 amide bonds. The number of nitrogens with one attached hydrogen (secondary N) is 1. The molecule has 1 aromatic carbocycles. The van der Waals surface area contributed by atoms with E-state index in [-0.39, 0.29) is 24.4 Å². The molecular weight excluding hydrogens is 319 g/mol. The minimum absolute atomic E-state index is 0.00998. The molecule has 0 aliphatic heterocycles. The Labute approximate surface area is 129 Å². The first-order valence-electron chi connectivity index (χ1n) is 5.82. The van der Waals surface area contributed by atoms with Crippen molar-refractivity contribution in [2.45, 2.75) is 13.0 Å². The number of nitrogens with zero attached hydrogens (tertiary/aromatic N) is 1. The lowest BCUT2D eigenvalue weighted by atomic mass is 10.2. The number of hydrogen-bond acceptors (Lipinski definition) is 4. The van der Waals surface area contributed by atoms with Gasteiger partial charge in [-0.2, -0.15) is 0 Å². The van der Waals surface area contributed by atoms with Gasteiger partial charge < -0.3 is 14.8 Å². The van der Waals surface area contributed by atoms with Crippen molar-refractivity contribution in [1.29, 1.82) is 0 Å². The van der Waals surface area contributed by atoms with Gasteiger partial charge in [-0.25, -0.2) is 4.98 Å². The molecule has 2 aromatic rings. The van der Waals surface area contributed by atoms with Crippen LogP contribution in [0.4, 0.5) is 0 Å². The average molecular weight is 329 g/mol. The third-order valence-electron chi connectivity index (χ3n) is 2.53. The van der Waals surface area contributed by atoms with Crippen LogP contribution in [0.3, 0.4) is 0 Å². The molecular formula is C13H10Cl2N2O4. The Kier molecular flexibility index (Phi) is 4.82. The Balaban J connectivity index is 2.08. The van der Waals surface area contributed by atoms with Crippen molar-refractivity contribution in [3.05, 3.63) is 56.2 Å². The summed E-state index contributed by atoms with van der Waals surface area (Å²) in [5.74, 6) is -0.433. The first-order chi connectivity index (χ1) is 9.95. The number of benzene rings is 1. The molecule has 1 heterocycles. The Morgan fingerprint density at radius 1 is 1.38 bits per heavy atom. The maximum absolute atomic E-state index is 11.6. The van der Waals surface area contributed by atoms with Crippen molar-refractivity contribution < 1.29 is 14.6 Å². The molecule has 0 fully saturated rings. The number of carbonyl (C=O) groups is 1. The number of aliphatic carboxylic acids is 1. The number of carboxylic acids is 1. The smallest absolute Gasteiger partial charge is 0.308 e. The standard InChI is InChI=1S/C13H10Cl2N2O4/c14-8-1-2-10(9(15)4-8)21-6-11-16-5-7(3-12(18)19)13(20)17-11/h1-2,4-5H,3,6H2,(H,18,19)(H,16,17,20). The minimum Gasteiger partial charge on any atom is -0.484 e. The van der Waals surface area contributed by atoms with E-state index in [1.807, 2.05) is 0 Å². The van der Waals surface area contributed by atoms with Gasteiger partial charge >= 0.3 is 5.97 Å². The summed E-state index contributed by atoms with van der Waals surface area (Å²) in [6.07, 6.45) is 0.835. The first-order valence-corrected chi connectivity index (χ1v) is 6.58. The number of H-pyrrole nitrogens is 1. The summed E-state index contributed by atoms with van der Waals surface area (Å²) < 4.78 is 5.41. The number of rotatable bonds is 5. The van der Waals surface area contributed by atoms with Crippen LogP contribution in [-0.4, -0.2) is 21.0 Å². The van der Waals surface area contributed by atoms with Gasteiger partial charge in [0, 0.05) is 16.8 Å². The van der Waals surface area contributed by atoms with E-state index in [9.17, 15) is 9.59 Å². The molecule has 0 spiro atoms. The summed E-state index contributed by atoms with van der Waals surface area (Å²) in [6.45, 7) is -0.00998. The van der Waals surface area contributed by atoms with Gasteiger partial charge in [0.1, 0.15) is 18.2 Å². The van der Waals surface area contributed by atoms with Crippen LogP contribution in [-0.2, 0) is 17.8 Å². The molecule has 2 rings (SSSR count). The number of halogens is 2. The summed E-state index contributed by atoms with van der Waals surface area (Å²) >= 11 is 11.7. The van der Waals surface area contributed by atoms with Crippen LogP contribution in [0.15, 0.2) is 29.2 Å². The highest BCUT2D eigenvalue weighted by Gasteiger charge is 2.08. The van der Waals surface area contributed by atoms with Gasteiger partial charge in [0.05, 0.1) is 11.4 Å². The Bertz CT molecular complexity index is 730. The van der Waals surface area contributed by atoms with Crippen LogP contribution in [0.5, 0.6) is 5.75 Å². The molecule has 0 unspecified atom stereocenters. The van der Waals surface area contributed by atoms with E-state index in [1.54, 1.807) is 12.1 Å². The molecule has 0 saturated heterocycles. The highest BCUT2D eigenvalue weighted by Crippen LogP contribution is 2.27. The summed E-state index contributed by atoms with van der Waals surface area (Å²) in [5, 5.41) is 9.46. The van der Waals surface area contributed by atoms with Gasteiger partial charge in [0.15, 0.2) is 0 Å². The van der Waals surface area contributed by atoms with E-state index < -0.39 is 11.5 Å². The molecule has 1 aromatic heterocycles. The predicted molar refractivity (Wildman–Crippen MR) is 77.0 cm³/mol. The molecule has 6 nitrogen and oxygen atoms in total. The number of carboxylic acid groups (broad SMARTS) is 1. The largest absolute Gasteiger partial charge is 0.484 e. The fourth-order valence-electron chi connectivity index (χ4n) is 1.56. The predicted octanol–water partition coefficient (Wildman–Crippen LogP) is 2.28. The number of aromatic amines is 1. The third kappa shape index (κ3) is 4.21.